The molecule has 1 N–H and O–H groups in total. The molecule has 1 aromatic rings. The average molecular weight is 291 g/mol. The Labute approximate surface area is 126 Å². The number of methoxy groups -OCH3 is 1. The van der Waals surface area contributed by atoms with Crippen LogP contribution >= 0.6 is 0 Å². The maximum Gasteiger partial charge on any atom is 0.223 e. The Kier molecular flexibility index (Phi) is 5.62. The van der Waals surface area contributed by atoms with E-state index in [1.165, 1.54) is 0 Å². The summed E-state index contributed by atoms with van der Waals surface area (Å²) in [6.45, 7) is 2.62. The summed E-state index contributed by atoms with van der Waals surface area (Å²) in [6, 6.07) is 8.07. The van der Waals surface area contributed by atoms with E-state index in [9.17, 15) is 9.90 Å². The van der Waals surface area contributed by atoms with E-state index in [1.54, 1.807) is 14.0 Å². The number of ether oxygens (including phenoxy) is 1. The van der Waals surface area contributed by atoms with E-state index >= 15 is 0 Å². The van der Waals surface area contributed by atoms with Crippen molar-refractivity contribution in [2.45, 2.75) is 51.2 Å². The summed E-state index contributed by atoms with van der Waals surface area (Å²) in [7, 11) is 1.65. The molecule has 1 aromatic carbocycles. The van der Waals surface area contributed by atoms with Gasteiger partial charge in [0.1, 0.15) is 5.75 Å². The minimum atomic E-state index is -0.343. The van der Waals surface area contributed by atoms with Gasteiger partial charge in [0.15, 0.2) is 0 Å². The van der Waals surface area contributed by atoms with Crippen molar-refractivity contribution < 1.29 is 14.6 Å². The zero-order valence-corrected chi connectivity index (χ0v) is 12.9. The van der Waals surface area contributed by atoms with Crippen molar-refractivity contribution in [1.82, 2.24) is 4.90 Å². The normalized spacial score (nSPS) is 19.6. The van der Waals surface area contributed by atoms with Crippen LogP contribution in [0.2, 0.25) is 0 Å². The van der Waals surface area contributed by atoms with Crippen molar-refractivity contribution in [2.24, 2.45) is 0 Å². The lowest BCUT2D eigenvalue weighted by Crippen LogP contribution is -2.37. The van der Waals surface area contributed by atoms with Crippen molar-refractivity contribution in [3.05, 3.63) is 29.8 Å². The van der Waals surface area contributed by atoms with E-state index in [4.69, 9.17) is 4.74 Å². The highest BCUT2D eigenvalue weighted by atomic mass is 16.5. The van der Waals surface area contributed by atoms with E-state index in [1.807, 2.05) is 29.2 Å². The molecule has 116 valence electrons. The minimum absolute atomic E-state index is 0.203. The molecule has 2 unspecified atom stereocenters. The lowest BCUT2D eigenvalue weighted by Gasteiger charge is -2.25. The molecule has 4 nitrogen and oxygen atoms in total. The smallest absolute Gasteiger partial charge is 0.223 e. The Bertz CT molecular complexity index is 456. The Morgan fingerprint density at radius 2 is 2.14 bits per heavy atom. The second kappa shape index (κ2) is 7.46. The van der Waals surface area contributed by atoms with Gasteiger partial charge in [-0.25, -0.2) is 0 Å². The summed E-state index contributed by atoms with van der Waals surface area (Å²) in [5, 5.41) is 9.52. The van der Waals surface area contributed by atoms with Crippen LogP contribution in [-0.4, -0.2) is 41.7 Å². The summed E-state index contributed by atoms with van der Waals surface area (Å²) < 4.78 is 5.13. The molecule has 2 rings (SSSR count). The molecule has 21 heavy (non-hydrogen) atoms. The van der Waals surface area contributed by atoms with Crippen molar-refractivity contribution in [3.8, 4) is 5.75 Å². The summed E-state index contributed by atoms with van der Waals surface area (Å²) >= 11 is 0. The third-order valence-corrected chi connectivity index (χ3v) is 4.10. The highest BCUT2D eigenvalue weighted by molar-refractivity contribution is 5.77. The van der Waals surface area contributed by atoms with Gasteiger partial charge >= 0.3 is 0 Å². The highest BCUT2D eigenvalue weighted by Gasteiger charge is 2.28. The van der Waals surface area contributed by atoms with Crippen LogP contribution < -0.4 is 4.74 Å². The lowest BCUT2D eigenvalue weighted by molar-refractivity contribution is -0.132. The number of amides is 1. The topological polar surface area (TPSA) is 49.8 Å². The number of nitrogens with zero attached hydrogens (tertiary/aromatic N) is 1. The summed E-state index contributed by atoms with van der Waals surface area (Å²) in [6.07, 6.45) is 3.69. The molecule has 1 fully saturated rings. The van der Waals surface area contributed by atoms with Gasteiger partial charge in [0.2, 0.25) is 5.91 Å². The first-order chi connectivity index (χ1) is 10.1. The van der Waals surface area contributed by atoms with Crippen molar-refractivity contribution in [2.75, 3.05) is 13.7 Å². The molecule has 1 aliphatic rings. The SMILES string of the molecule is COc1ccc(CCC(=O)N2CCCC2CC(C)O)cc1. The van der Waals surface area contributed by atoms with Gasteiger partial charge in [0.25, 0.3) is 0 Å². The molecule has 2 atom stereocenters. The van der Waals surface area contributed by atoms with E-state index in [0.717, 1.165) is 37.1 Å². The van der Waals surface area contributed by atoms with Crippen LogP contribution in [0.15, 0.2) is 24.3 Å². The molecule has 0 radical (unpaired) electrons. The first-order valence-electron chi connectivity index (χ1n) is 7.70. The molecular weight excluding hydrogens is 266 g/mol. The van der Waals surface area contributed by atoms with Gasteiger partial charge in [-0.05, 0) is 50.3 Å². The van der Waals surface area contributed by atoms with Crippen LogP contribution in [0.25, 0.3) is 0 Å². The molecule has 0 aromatic heterocycles. The van der Waals surface area contributed by atoms with Gasteiger partial charge in [0, 0.05) is 19.0 Å². The van der Waals surface area contributed by atoms with E-state index in [-0.39, 0.29) is 18.1 Å². The van der Waals surface area contributed by atoms with Crippen LogP contribution in [0.1, 0.15) is 38.2 Å². The quantitative estimate of drug-likeness (QED) is 0.875. The van der Waals surface area contributed by atoms with Crippen LogP contribution in [0.5, 0.6) is 5.75 Å². The number of aliphatic hydroxyl groups is 1. The van der Waals surface area contributed by atoms with Gasteiger partial charge in [-0.3, -0.25) is 4.79 Å². The van der Waals surface area contributed by atoms with Gasteiger partial charge in [-0.2, -0.15) is 0 Å². The second-order valence-corrected chi connectivity index (χ2v) is 5.82. The second-order valence-electron chi connectivity index (χ2n) is 5.82. The largest absolute Gasteiger partial charge is 0.497 e. The number of aryl methyl sites for hydroxylation is 1. The fraction of sp³-hybridized carbons (Fsp3) is 0.588. The zero-order chi connectivity index (χ0) is 15.2. The maximum absolute atomic E-state index is 12.4. The third-order valence-electron chi connectivity index (χ3n) is 4.10. The molecule has 1 amide bonds. The Morgan fingerprint density at radius 1 is 1.43 bits per heavy atom. The molecule has 4 heteroatoms. The summed E-state index contributed by atoms with van der Waals surface area (Å²) in [4.78, 5) is 14.3. The molecule has 1 heterocycles. The lowest BCUT2D eigenvalue weighted by atomic mass is 10.1. The van der Waals surface area contributed by atoms with Gasteiger partial charge < -0.3 is 14.7 Å². The fourth-order valence-electron chi connectivity index (χ4n) is 2.99. The average Bonchev–Trinajstić information content (AvgIpc) is 2.92. The molecule has 0 spiro atoms. The predicted octanol–water partition coefficient (Wildman–Crippen LogP) is 2.39. The third kappa shape index (κ3) is 4.46. The van der Waals surface area contributed by atoms with E-state index < -0.39 is 0 Å². The van der Waals surface area contributed by atoms with E-state index in [2.05, 4.69) is 0 Å². The van der Waals surface area contributed by atoms with E-state index in [0.29, 0.717) is 12.8 Å². The maximum atomic E-state index is 12.4. The Morgan fingerprint density at radius 3 is 2.76 bits per heavy atom. The number of aliphatic hydroxyl groups excluding tert-OH is 1. The Hall–Kier alpha value is -1.55. The molecule has 1 aliphatic heterocycles. The minimum Gasteiger partial charge on any atom is -0.497 e. The van der Waals surface area contributed by atoms with Gasteiger partial charge in [0.05, 0.1) is 13.2 Å². The Balaban J connectivity index is 1.85. The first-order valence-corrected chi connectivity index (χ1v) is 7.70. The molecular formula is C17H25NO3. The fourth-order valence-corrected chi connectivity index (χ4v) is 2.99. The number of carbonyl (C=O) groups excluding carboxylic acids is 1. The van der Waals surface area contributed by atoms with Crippen LogP contribution in [0.4, 0.5) is 0 Å². The number of carbonyl (C=O) groups is 1. The monoisotopic (exact) mass is 291 g/mol. The molecule has 0 aliphatic carbocycles. The first kappa shape index (κ1) is 15.8. The summed E-state index contributed by atoms with van der Waals surface area (Å²) in [5.41, 5.74) is 1.15. The number of likely N-dealkylation sites (tertiary alicyclic amines) is 1. The molecule has 0 bridgehead atoms. The van der Waals surface area contributed by atoms with Crippen molar-refractivity contribution in [3.63, 3.8) is 0 Å². The summed E-state index contributed by atoms with van der Waals surface area (Å²) in [5.74, 6) is 1.04. The van der Waals surface area contributed by atoms with Crippen LogP contribution in [-0.2, 0) is 11.2 Å². The number of hydrogen-bond donors (Lipinski definition) is 1. The van der Waals surface area contributed by atoms with Crippen molar-refractivity contribution in [1.29, 1.82) is 0 Å². The molecule has 1 saturated heterocycles. The number of rotatable bonds is 6. The predicted molar refractivity (Wildman–Crippen MR) is 82.3 cm³/mol. The number of benzene rings is 1. The number of hydrogen-bond acceptors (Lipinski definition) is 3. The van der Waals surface area contributed by atoms with Gasteiger partial charge in [-0.15, -0.1) is 0 Å². The highest BCUT2D eigenvalue weighted by Crippen LogP contribution is 2.23. The zero-order valence-electron chi connectivity index (χ0n) is 12.9. The molecule has 0 saturated carbocycles. The van der Waals surface area contributed by atoms with Crippen molar-refractivity contribution >= 4 is 5.91 Å². The van der Waals surface area contributed by atoms with Gasteiger partial charge in [-0.1, -0.05) is 12.1 Å². The van der Waals surface area contributed by atoms with Crippen LogP contribution in [0, 0.1) is 0 Å². The standard InChI is InChI=1S/C17H25NO3/c1-13(19)12-15-4-3-11-18(15)17(20)10-7-14-5-8-16(21-2)9-6-14/h5-6,8-9,13,15,19H,3-4,7,10-12H2,1-2H3. The van der Waals surface area contributed by atoms with Crippen LogP contribution in [0.3, 0.4) is 0 Å².